The second-order valence-electron chi connectivity index (χ2n) is 4.99. The lowest BCUT2D eigenvalue weighted by Gasteiger charge is -2.21. The molecule has 1 rings (SSSR count). The molecule has 0 spiro atoms. The minimum Gasteiger partial charge on any atom is -0.324 e. The molecular formula is C12H24N2. The fourth-order valence-corrected chi connectivity index (χ4v) is 1.91. The summed E-state index contributed by atoms with van der Waals surface area (Å²) in [6.45, 7) is 6.92. The Morgan fingerprint density at radius 2 is 2.14 bits per heavy atom. The van der Waals surface area contributed by atoms with Crippen LogP contribution < -0.4 is 5.73 Å². The highest BCUT2D eigenvalue weighted by molar-refractivity contribution is 5.05. The van der Waals surface area contributed by atoms with Gasteiger partial charge in [-0.25, -0.2) is 0 Å². The van der Waals surface area contributed by atoms with Crippen LogP contribution in [0.1, 0.15) is 26.7 Å². The van der Waals surface area contributed by atoms with Crippen LogP contribution in [0.15, 0.2) is 12.2 Å². The summed E-state index contributed by atoms with van der Waals surface area (Å²) in [5.74, 6) is 1.49. The van der Waals surface area contributed by atoms with Gasteiger partial charge >= 0.3 is 0 Å². The van der Waals surface area contributed by atoms with E-state index in [2.05, 4.69) is 37.9 Å². The molecule has 14 heavy (non-hydrogen) atoms. The average molecular weight is 196 g/mol. The van der Waals surface area contributed by atoms with Gasteiger partial charge in [0.05, 0.1) is 0 Å². The summed E-state index contributed by atoms with van der Waals surface area (Å²) in [6.07, 6.45) is 6.84. The Balaban J connectivity index is 2.14. The van der Waals surface area contributed by atoms with Crippen LogP contribution in [0.4, 0.5) is 0 Å². The molecule has 2 unspecified atom stereocenters. The Labute approximate surface area is 88.2 Å². The molecule has 2 N–H and O–H groups in total. The van der Waals surface area contributed by atoms with E-state index in [1.165, 1.54) is 13.0 Å². The summed E-state index contributed by atoms with van der Waals surface area (Å²) < 4.78 is 0. The maximum Gasteiger partial charge on any atom is 0.0229 e. The zero-order valence-electron chi connectivity index (χ0n) is 9.74. The van der Waals surface area contributed by atoms with Crippen molar-refractivity contribution in [2.75, 3.05) is 20.1 Å². The molecule has 2 atom stereocenters. The van der Waals surface area contributed by atoms with Crippen molar-refractivity contribution in [3.05, 3.63) is 12.2 Å². The zero-order valence-corrected chi connectivity index (χ0v) is 9.74. The average Bonchev–Trinajstić information content (AvgIpc) is 2.48. The lowest BCUT2D eigenvalue weighted by molar-refractivity contribution is 0.279. The normalized spacial score (nSPS) is 26.7. The van der Waals surface area contributed by atoms with E-state index < -0.39 is 0 Å². The van der Waals surface area contributed by atoms with Gasteiger partial charge in [0.15, 0.2) is 0 Å². The highest BCUT2D eigenvalue weighted by atomic mass is 15.1. The fraction of sp³-hybridized carbons (Fsp3) is 0.833. The van der Waals surface area contributed by atoms with E-state index in [0.29, 0.717) is 12.0 Å². The molecule has 1 aliphatic rings. The quantitative estimate of drug-likeness (QED) is 0.680. The van der Waals surface area contributed by atoms with Crippen LogP contribution in [-0.2, 0) is 0 Å². The molecule has 0 aromatic carbocycles. The molecule has 0 heterocycles. The van der Waals surface area contributed by atoms with Crippen LogP contribution in [0.3, 0.4) is 0 Å². The molecule has 0 bridgehead atoms. The van der Waals surface area contributed by atoms with E-state index in [1.54, 1.807) is 0 Å². The van der Waals surface area contributed by atoms with Gasteiger partial charge in [-0.2, -0.15) is 0 Å². The monoisotopic (exact) mass is 196 g/mol. The van der Waals surface area contributed by atoms with Crippen molar-refractivity contribution < 1.29 is 0 Å². The minimum atomic E-state index is 0.304. The fourth-order valence-electron chi connectivity index (χ4n) is 1.91. The summed E-state index contributed by atoms with van der Waals surface area (Å²) in [5, 5.41) is 0. The number of hydrogen-bond acceptors (Lipinski definition) is 2. The third-order valence-electron chi connectivity index (χ3n) is 2.84. The second-order valence-corrected chi connectivity index (χ2v) is 4.99. The third kappa shape index (κ3) is 4.25. The summed E-state index contributed by atoms with van der Waals surface area (Å²) in [7, 11) is 2.21. The first-order valence-electron chi connectivity index (χ1n) is 5.70. The molecule has 0 radical (unpaired) electrons. The number of rotatable bonds is 5. The van der Waals surface area contributed by atoms with Crippen molar-refractivity contribution in [2.24, 2.45) is 17.6 Å². The number of hydrogen-bond donors (Lipinski definition) is 1. The first-order valence-corrected chi connectivity index (χ1v) is 5.70. The highest BCUT2D eigenvalue weighted by Gasteiger charge is 2.16. The largest absolute Gasteiger partial charge is 0.324 e. The maximum atomic E-state index is 5.82. The van der Waals surface area contributed by atoms with Crippen LogP contribution in [0, 0.1) is 11.8 Å². The van der Waals surface area contributed by atoms with Crippen LogP contribution in [0.2, 0.25) is 0 Å². The van der Waals surface area contributed by atoms with Crippen molar-refractivity contribution in [2.45, 2.75) is 32.7 Å². The summed E-state index contributed by atoms with van der Waals surface area (Å²) in [6, 6.07) is 0.304. The molecule has 0 saturated carbocycles. The molecule has 0 saturated heterocycles. The van der Waals surface area contributed by atoms with E-state index >= 15 is 0 Å². The Hall–Kier alpha value is -0.340. The molecule has 2 heteroatoms. The summed E-state index contributed by atoms with van der Waals surface area (Å²) in [5.41, 5.74) is 5.82. The van der Waals surface area contributed by atoms with Gasteiger partial charge in [-0.05, 0) is 38.3 Å². The molecular weight excluding hydrogens is 172 g/mol. The molecule has 0 aromatic rings. The molecule has 0 amide bonds. The van der Waals surface area contributed by atoms with Crippen molar-refractivity contribution in [3.8, 4) is 0 Å². The summed E-state index contributed by atoms with van der Waals surface area (Å²) in [4.78, 5) is 2.42. The number of nitrogens with zero attached hydrogens (tertiary/aromatic N) is 1. The Bertz CT molecular complexity index is 187. The van der Waals surface area contributed by atoms with Crippen molar-refractivity contribution in [1.82, 2.24) is 4.90 Å². The molecule has 82 valence electrons. The van der Waals surface area contributed by atoms with Gasteiger partial charge < -0.3 is 10.6 Å². The Morgan fingerprint density at radius 3 is 2.64 bits per heavy atom. The van der Waals surface area contributed by atoms with Crippen LogP contribution in [-0.4, -0.2) is 31.1 Å². The van der Waals surface area contributed by atoms with Gasteiger partial charge in [0, 0.05) is 12.6 Å². The number of nitrogens with two attached hydrogens (primary N) is 1. The lowest BCUT2D eigenvalue weighted by atomic mass is 10.1. The van der Waals surface area contributed by atoms with Gasteiger partial charge in [0.25, 0.3) is 0 Å². The first-order chi connectivity index (χ1) is 6.58. The van der Waals surface area contributed by atoms with Crippen LogP contribution in [0.25, 0.3) is 0 Å². The van der Waals surface area contributed by atoms with E-state index in [1.807, 2.05) is 0 Å². The second kappa shape index (κ2) is 5.52. The topological polar surface area (TPSA) is 29.3 Å². The van der Waals surface area contributed by atoms with Crippen LogP contribution in [0.5, 0.6) is 0 Å². The highest BCUT2D eigenvalue weighted by Crippen LogP contribution is 2.17. The van der Waals surface area contributed by atoms with Gasteiger partial charge in [0.2, 0.25) is 0 Å². The van der Waals surface area contributed by atoms with Crippen molar-refractivity contribution >= 4 is 0 Å². The van der Waals surface area contributed by atoms with E-state index in [9.17, 15) is 0 Å². The molecule has 1 aliphatic carbocycles. The minimum absolute atomic E-state index is 0.304. The standard InChI is InChI=1S/C12H24N2/c1-10(2)6-7-14(3)9-11-4-5-12(13)8-11/h4-5,10-12H,6-9,13H2,1-3H3. The summed E-state index contributed by atoms with van der Waals surface area (Å²) >= 11 is 0. The predicted molar refractivity (Wildman–Crippen MR) is 62.2 cm³/mol. The lowest BCUT2D eigenvalue weighted by Crippen LogP contribution is -2.27. The Kier molecular flexibility index (Phi) is 4.63. The molecule has 0 aromatic heterocycles. The SMILES string of the molecule is CC(C)CCN(C)CC1C=CC(N)C1. The van der Waals surface area contributed by atoms with Crippen LogP contribution >= 0.6 is 0 Å². The van der Waals surface area contributed by atoms with Gasteiger partial charge in [0.1, 0.15) is 0 Å². The maximum absolute atomic E-state index is 5.82. The predicted octanol–water partition coefficient (Wildman–Crippen LogP) is 1.87. The molecule has 2 nitrogen and oxygen atoms in total. The van der Waals surface area contributed by atoms with E-state index in [4.69, 9.17) is 5.73 Å². The van der Waals surface area contributed by atoms with E-state index in [0.717, 1.165) is 18.9 Å². The van der Waals surface area contributed by atoms with Gasteiger partial charge in [-0.1, -0.05) is 26.0 Å². The Morgan fingerprint density at radius 1 is 1.43 bits per heavy atom. The van der Waals surface area contributed by atoms with Gasteiger partial charge in [-0.15, -0.1) is 0 Å². The zero-order chi connectivity index (χ0) is 10.6. The van der Waals surface area contributed by atoms with Crippen molar-refractivity contribution in [1.29, 1.82) is 0 Å². The van der Waals surface area contributed by atoms with Crippen molar-refractivity contribution in [3.63, 3.8) is 0 Å². The molecule has 0 fully saturated rings. The molecule has 0 aliphatic heterocycles. The first kappa shape index (κ1) is 11.7. The van der Waals surface area contributed by atoms with E-state index in [-0.39, 0.29) is 0 Å². The third-order valence-corrected chi connectivity index (χ3v) is 2.84. The smallest absolute Gasteiger partial charge is 0.0229 e. The van der Waals surface area contributed by atoms with Gasteiger partial charge in [-0.3, -0.25) is 0 Å².